The van der Waals surface area contributed by atoms with Crippen LogP contribution in [0.3, 0.4) is 0 Å². The van der Waals surface area contributed by atoms with Gasteiger partial charge in [-0.15, -0.1) is 0 Å². The molecule has 0 aliphatic carbocycles. The van der Waals surface area contributed by atoms with E-state index >= 15 is 0 Å². The summed E-state index contributed by atoms with van der Waals surface area (Å²) in [6.45, 7) is 1.00. The molecule has 0 aliphatic heterocycles. The van der Waals surface area contributed by atoms with Gasteiger partial charge in [0.2, 0.25) is 0 Å². The number of nitrogens with zero attached hydrogens (tertiary/aromatic N) is 5. The average Bonchev–Trinajstić information content (AvgIpc) is 2.83. The Kier molecular flexibility index (Phi) is 10.2. The van der Waals surface area contributed by atoms with Gasteiger partial charge < -0.3 is 20.4 Å². The standard InChI is InChI=1S/C26H31N5O8/c1-17-2-3-18-4-5-19-6-7-20(28-26(19)25(18)27-17)12-29(8-10-30(13-21(32)33)14-22(34)35)9-11-31(15-23(36)37)16-24(38)39/h2-7H,8-16H2,1H3,(H,32,33)(H,34,35)(H,36,37)(H,38,39). The second-order valence-corrected chi connectivity index (χ2v) is 9.24. The molecule has 0 spiro atoms. The Balaban J connectivity index is 1.86. The molecule has 0 bridgehead atoms. The third-order valence-corrected chi connectivity index (χ3v) is 6.00. The monoisotopic (exact) mass is 541 g/mol. The van der Waals surface area contributed by atoms with E-state index < -0.39 is 50.1 Å². The van der Waals surface area contributed by atoms with Crippen molar-refractivity contribution in [2.24, 2.45) is 0 Å². The number of hydrogen-bond acceptors (Lipinski definition) is 9. The van der Waals surface area contributed by atoms with Crippen molar-refractivity contribution < 1.29 is 39.6 Å². The first-order valence-electron chi connectivity index (χ1n) is 12.2. The molecule has 0 unspecified atom stereocenters. The predicted molar refractivity (Wildman–Crippen MR) is 140 cm³/mol. The molecule has 0 aliphatic rings. The first kappa shape index (κ1) is 29.4. The molecule has 0 saturated heterocycles. The summed E-state index contributed by atoms with van der Waals surface area (Å²) in [6.07, 6.45) is 0. The molecule has 3 rings (SSSR count). The van der Waals surface area contributed by atoms with Crippen LogP contribution in [0.5, 0.6) is 0 Å². The number of hydrogen-bond donors (Lipinski definition) is 4. The smallest absolute Gasteiger partial charge is 0.317 e. The average molecular weight is 542 g/mol. The van der Waals surface area contributed by atoms with Crippen LogP contribution in [0.4, 0.5) is 0 Å². The number of pyridine rings is 2. The van der Waals surface area contributed by atoms with Gasteiger partial charge >= 0.3 is 23.9 Å². The molecule has 2 heterocycles. The first-order valence-corrected chi connectivity index (χ1v) is 12.2. The Bertz CT molecular complexity index is 1290. The van der Waals surface area contributed by atoms with Crippen molar-refractivity contribution >= 4 is 45.7 Å². The zero-order chi connectivity index (χ0) is 28.5. The van der Waals surface area contributed by atoms with E-state index in [0.717, 1.165) is 22.0 Å². The number of benzene rings is 1. The highest BCUT2D eigenvalue weighted by molar-refractivity contribution is 6.02. The van der Waals surface area contributed by atoms with Crippen molar-refractivity contribution in [1.82, 2.24) is 24.7 Å². The van der Waals surface area contributed by atoms with Gasteiger partial charge in [-0.1, -0.05) is 24.3 Å². The Labute approximate surface area is 223 Å². The highest BCUT2D eigenvalue weighted by Gasteiger charge is 2.19. The van der Waals surface area contributed by atoms with Crippen molar-refractivity contribution in [1.29, 1.82) is 0 Å². The maximum Gasteiger partial charge on any atom is 0.317 e. The number of carbonyl (C=O) groups is 4. The fourth-order valence-electron chi connectivity index (χ4n) is 4.25. The molecule has 0 fully saturated rings. The summed E-state index contributed by atoms with van der Waals surface area (Å²) >= 11 is 0. The van der Waals surface area contributed by atoms with E-state index in [4.69, 9.17) is 25.4 Å². The van der Waals surface area contributed by atoms with Crippen LogP contribution in [0, 0.1) is 6.92 Å². The van der Waals surface area contributed by atoms with Crippen LogP contribution in [-0.2, 0) is 25.7 Å². The van der Waals surface area contributed by atoms with E-state index in [1.54, 1.807) is 0 Å². The minimum Gasteiger partial charge on any atom is -0.480 e. The fourth-order valence-corrected chi connectivity index (χ4v) is 4.25. The number of aliphatic carboxylic acids is 4. The molecule has 13 nitrogen and oxygen atoms in total. The molecule has 0 radical (unpaired) electrons. The zero-order valence-corrected chi connectivity index (χ0v) is 21.5. The topological polar surface area (TPSA) is 185 Å². The number of fused-ring (bicyclic) bond motifs is 3. The molecule has 0 amide bonds. The zero-order valence-electron chi connectivity index (χ0n) is 21.5. The van der Waals surface area contributed by atoms with E-state index in [1.807, 2.05) is 48.2 Å². The Hall–Kier alpha value is -4.20. The second kappa shape index (κ2) is 13.6. The predicted octanol–water partition coefficient (Wildman–Crippen LogP) is 0.836. The summed E-state index contributed by atoms with van der Waals surface area (Å²) in [5.41, 5.74) is 2.98. The SMILES string of the molecule is Cc1ccc2ccc3ccc(CN(CCN(CC(=O)O)CC(=O)O)CCN(CC(=O)O)CC(=O)O)nc3c2n1. The molecule has 1 aromatic carbocycles. The molecule has 4 N–H and O–H groups in total. The largest absolute Gasteiger partial charge is 0.480 e. The number of aromatic nitrogens is 2. The first-order chi connectivity index (χ1) is 18.5. The van der Waals surface area contributed by atoms with Gasteiger partial charge in [-0.2, -0.15) is 0 Å². The van der Waals surface area contributed by atoms with Crippen LogP contribution in [0.15, 0.2) is 36.4 Å². The van der Waals surface area contributed by atoms with Gasteiger partial charge in [0, 0.05) is 49.2 Å². The lowest BCUT2D eigenvalue weighted by molar-refractivity contribution is -0.143. The van der Waals surface area contributed by atoms with E-state index in [-0.39, 0.29) is 32.7 Å². The molecular formula is C26H31N5O8. The minimum absolute atomic E-state index is 0.105. The van der Waals surface area contributed by atoms with Crippen LogP contribution >= 0.6 is 0 Å². The Morgan fingerprint density at radius 1 is 0.590 bits per heavy atom. The lowest BCUT2D eigenvalue weighted by Gasteiger charge is -2.28. The van der Waals surface area contributed by atoms with Gasteiger partial charge in [-0.25, -0.2) is 4.98 Å². The fraction of sp³-hybridized carbons (Fsp3) is 0.385. The molecule has 39 heavy (non-hydrogen) atoms. The summed E-state index contributed by atoms with van der Waals surface area (Å²) in [5, 5.41) is 38.5. The number of carboxylic acids is 4. The van der Waals surface area contributed by atoms with Crippen molar-refractivity contribution in [3.63, 3.8) is 0 Å². The van der Waals surface area contributed by atoms with Gasteiger partial charge in [0.15, 0.2) is 0 Å². The van der Waals surface area contributed by atoms with Crippen LogP contribution in [0.25, 0.3) is 21.8 Å². The summed E-state index contributed by atoms with van der Waals surface area (Å²) in [7, 11) is 0. The summed E-state index contributed by atoms with van der Waals surface area (Å²) in [4.78, 5) is 58.8. The molecule has 2 aromatic heterocycles. The van der Waals surface area contributed by atoms with Gasteiger partial charge in [-0.05, 0) is 19.1 Å². The van der Waals surface area contributed by atoms with Crippen molar-refractivity contribution in [3.8, 4) is 0 Å². The molecule has 0 atom stereocenters. The highest BCUT2D eigenvalue weighted by atomic mass is 16.4. The van der Waals surface area contributed by atoms with E-state index in [0.29, 0.717) is 11.2 Å². The summed E-state index contributed by atoms with van der Waals surface area (Å²) in [5.74, 6) is -4.66. The molecule has 13 heteroatoms. The minimum atomic E-state index is -1.16. The number of aryl methyl sites for hydroxylation is 1. The normalized spacial score (nSPS) is 11.6. The third kappa shape index (κ3) is 9.25. The number of carboxylic acid groups (broad SMARTS) is 4. The number of rotatable bonds is 16. The van der Waals surface area contributed by atoms with E-state index in [1.165, 1.54) is 9.80 Å². The maximum atomic E-state index is 11.2. The van der Waals surface area contributed by atoms with Crippen molar-refractivity contribution in [2.75, 3.05) is 52.4 Å². The quantitative estimate of drug-likeness (QED) is 0.187. The maximum absolute atomic E-state index is 11.2. The van der Waals surface area contributed by atoms with Gasteiger partial charge in [0.25, 0.3) is 0 Å². The molecular weight excluding hydrogens is 510 g/mol. The Morgan fingerprint density at radius 3 is 1.44 bits per heavy atom. The Morgan fingerprint density at radius 2 is 0.974 bits per heavy atom. The van der Waals surface area contributed by atoms with E-state index in [9.17, 15) is 19.2 Å². The lowest BCUT2D eigenvalue weighted by atomic mass is 10.1. The van der Waals surface area contributed by atoms with E-state index in [2.05, 4.69) is 4.98 Å². The van der Waals surface area contributed by atoms with Gasteiger partial charge in [0.1, 0.15) is 0 Å². The summed E-state index contributed by atoms with van der Waals surface area (Å²) in [6, 6.07) is 11.6. The third-order valence-electron chi connectivity index (χ3n) is 6.00. The van der Waals surface area contributed by atoms with Crippen molar-refractivity contribution in [3.05, 3.63) is 47.8 Å². The molecule has 0 saturated carbocycles. The van der Waals surface area contributed by atoms with Crippen LogP contribution in [0.2, 0.25) is 0 Å². The van der Waals surface area contributed by atoms with Crippen LogP contribution in [0.1, 0.15) is 11.4 Å². The second-order valence-electron chi connectivity index (χ2n) is 9.24. The molecule has 3 aromatic rings. The lowest BCUT2D eigenvalue weighted by Crippen LogP contribution is -2.44. The van der Waals surface area contributed by atoms with Gasteiger partial charge in [0.05, 0.1) is 42.9 Å². The molecule has 208 valence electrons. The highest BCUT2D eigenvalue weighted by Crippen LogP contribution is 2.23. The van der Waals surface area contributed by atoms with Crippen LogP contribution in [-0.4, -0.2) is 121 Å². The van der Waals surface area contributed by atoms with Crippen LogP contribution < -0.4 is 0 Å². The van der Waals surface area contributed by atoms with Gasteiger partial charge in [-0.3, -0.25) is 38.9 Å². The summed E-state index contributed by atoms with van der Waals surface area (Å²) < 4.78 is 0. The van der Waals surface area contributed by atoms with Crippen molar-refractivity contribution in [2.45, 2.75) is 13.5 Å².